The van der Waals surface area contributed by atoms with Crippen molar-refractivity contribution >= 4 is 31.9 Å². The fourth-order valence-electron chi connectivity index (χ4n) is 2.60. The fourth-order valence-corrected chi connectivity index (χ4v) is 3.46. The highest BCUT2D eigenvalue weighted by molar-refractivity contribution is 9.11. The van der Waals surface area contributed by atoms with Gasteiger partial charge in [-0.25, -0.2) is 0 Å². The highest BCUT2D eigenvalue weighted by Gasteiger charge is 2.26. The Labute approximate surface area is 120 Å². The van der Waals surface area contributed by atoms with Crippen molar-refractivity contribution in [3.05, 3.63) is 32.7 Å². The van der Waals surface area contributed by atoms with Gasteiger partial charge in [0.2, 0.25) is 0 Å². The lowest BCUT2D eigenvalue weighted by atomic mass is 9.78. The smallest absolute Gasteiger partial charge is 0.0829 e. The summed E-state index contributed by atoms with van der Waals surface area (Å²) >= 11 is 6.99. The highest BCUT2D eigenvalue weighted by atomic mass is 79.9. The maximum absolute atomic E-state index is 10.5. The van der Waals surface area contributed by atoms with Gasteiger partial charge in [0.15, 0.2) is 0 Å². The number of halogens is 2. The second-order valence-electron chi connectivity index (χ2n) is 5.13. The van der Waals surface area contributed by atoms with Crippen LogP contribution in [0.1, 0.15) is 44.3 Å². The average molecular weight is 362 g/mol. The summed E-state index contributed by atoms with van der Waals surface area (Å²) in [7, 11) is 0. The Kier molecular flexibility index (Phi) is 4.67. The first-order chi connectivity index (χ1) is 8.08. The van der Waals surface area contributed by atoms with Gasteiger partial charge >= 0.3 is 0 Å². The van der Waals surface area contributed by atoms with E-state index < -0.39 is 0 Å². The molecule has 1 aliphatic carbocycles. The van der Waals surface area contributed by atoms with Crippen molar-refractivity contribution in [3.8, 4) is 0 Å². The molecule has 2 rings (SSSR count). The summed E-state index contributed by atoms with van der Waals surface area (Å²) < 4.78 is 2.03. The molecule has 0 radical (unpaired) electrons. The molecular weight excluding hydrogens is 344 g/mol. The van der Waals surface area contributed by atoms with Crippen molar-refractivity contribution in [3.63, 3.8) is 0 Å². The van der Waals surface area contributed by atoms with E-state index in [0.29, 0.717) is 5.92 Å². The molecule has 0 spiro atoms. The van der Waals surface area contributed by atoms with Crippen LogP contribution in [0.2, 0.25) is 0 Å². The zero-order chi connectivity index (χ0) is 12.4. The molecule has 0 heterocycles. The van der Waals surface area contributed by atoms with Crippen LogP contribution in [0.25, 0.3) is 0 Å². The molecule has 1 saturated carbocycles. The molecule has 0 aromatic heterocycles. The second-order valence-corrected chi connectivity index (χ2v) is 6.90. The van der Waals surface area contributed by atoms with Gasteiger partial charge in [-0.2, -0.15) is 0 Å². The van der Waals surface area contributed by atoms with E-state index in [0.717, 1.165) is 33.3 Å². The molecule has 94 valence electrons. The molecule has 0 amide bonds. The summed E-state index contributed by atoms with van der Waals surface area (Å²) in [5.41, 5.74) is 1.01. The molecule has 17 heavy (non-hydrogen) atoms. The third-order valence-electron chi connectivity index (χ3n) is 3.78. The van der Waals surface area contributed by atoms with Gasteiger partial charge in [-0.3, -0.25) is 0 Å². The number of hydrogen-bond acceptors (Lipinski definition) is 1. The first kappa shape index (κ1) is 13.6. The molecule has 3 heteroatoms. The molecule has 0 bridgehead atoms. The largest absolute Gasteiger partial charge is 0.388 e. The van der Waals surface area contributed by atoms with Crippen LogP contribution in [0.5, 0.6) is 0 Å². The van der Waals surface area contributed by atoms with E-state index in [4.69, 9.17) is 0 Å². The van der Waals surface area contributed by atoms with Crippen molar-refractivity contribution < 1.29 is 5.11 Å². The molecule has 0 saturated heterocycles. The van der Waals surface area contributed by atoms with Gasteiger partial charge in [0.05, 0.1) is 6.10 Å². The number of benzene rings is 1. The molecule has 1 nitrogen and oxygen atoms in total. The predicted molar refractivity (Wildman–Crippen MR) is 77.9 cm³/mol. The number of rotatable bonds is 2. The van der Waals surface area contributed by atoms with Gasteiger partial charge in [-0.1, -0.05) is 51.6 Å². The average Bonchev–Trinajstić information content (AvgIpc) is 2.32. The van der Waals surface area contributed by atoms with E-state index in [2.05, 4.69) is 38.8 Å². The van der Waals surface area contributed by atoms with E-state index in [1.807, 2.05) is 18.2 Å². The molecule has 1 N–H and O–H groups in total. The van der Waals surface area contributed by atoms with Crippen LogP contribution < -0.4 is 0 Å². The Balaban J connectivity index is 2.13. The minimum atomic E-state index is -0.339. The van der Waals surface area contributed by atoms with Crippen molar-refractivity contribution in [2.24, 2.45) is 11.8 Å². The van der Waals surface area contributed by atoms with E-state index in [9.17, 15) is 5.11 Å². The van der Waals surface area contributed by atoms with Crippen molar-refractivity contribution in [2.45, 2.75) is 38.7 Å². The van der Waals surface area contributed by atoms with Gasteiger partial charge in [-0.15, -0.1) is 0 Å². The molecule has 0 aliphatic heterocycles. The lowest BCUT2D eigenvalue weighted by molar-refractivity contribution is 0.0749. The highest BCUT2D eigenvalue weighted by Crippen LogP contribution is 2.39. The zero-order valence-electron chi connectivity index (χ0n) is 10.00. The molecule has 1 unspecified atom stereocenters. The standard InChI is InChI=1S/C14H18Br2O/c1-9-2-4-10(5-3-9)14(17)12-8-11(15)6-7-13(12)16/h6-10,14,17H,2-5H2,1H3. The lowest BCUT2D eigenvalue weighted by Crippen LogP contribution is -2.19. The topological polar surface area (TPSA) is 20.2 Å². The Morgan fingerprint density at radius 1 is 1.18 bits per heavy atom. The van der Waals surface area contributed by atoms with Crippen LogP contribution in [-0.2, 0) is 0 Å². The molecule has 1 aromatic carbocycles. The van der Waals surface area contributed by atoms with Crippen molar-refractivity contribution in [1.29, 1.82) is 0 Å². The van der Waals surface area contributed by atoms with Crippen LogP contribution in [-0.4, -0.2) is 5.11 Å². The van der Waals surface area contributed by atoms with E-state index in [1.165, 1.54) is 12.8 Å². The first-order valence-electron chi connectivity index (χ1n) is 6.21. The zero-order valence-corrected chi connectivity index (χ0v) is 13.2. The van der Waals surface area contributed by atoms with Crippen molar-refractivity contribution in [2.75, 3.05) is 0 Å². The second kappa shape index (κ2) is 5.85. The normalized spacial score (nSPS) is 26.8. The molecule has 1 aliphatic rings. The Morgan fingerprint density at radius 3 is 2.47 bits per heavy atom. The van der Waals surface area contributed by atoms with Crippen LogP contribution in [0.15, 0.2) is 27.1 Å². The van der Waals surface area contributed by atoms with Crippen LogP contribution in [0.3, 0.4) is 0 Å². The predicted octanol–water partition coefficient (Wildman–Crippen LogP) is 5.07. The Bertz CT molecular complexity index is 384. The summed E-state index contributed by atoms with van der Waals surface area (Å²) in [5.74, 6) is 1.24. The number of hydrogen-bond donors (Lipinski definition) is 1. The fraction of sp³-hybridized carbons (Fsp3) is 0.571. The summed E-state index contributed by atoms with van der Waals surface area (Å²) in [6.07, 6.45) is 4.43. The van der Waals surface area contributed by atoms with Crippen LogP contribution >= 0.6 is 31.9 Å². The maximum Gasteiger partial charge on any atom is 0.0829 e. The third kappa shape index (κ3) is 3.33. The molecular formula is C14H18Br2O. The molecule has 1 aromatic rings. The van der Waals surface area contributed by atoms with Crippen molar-refractivity contribution in [1.82, 2.24) is 0 Å². The van der Waals surface area contributed by atoms with E-state index >= 15 is 0 Å². The SMILES string of the molecule is CC1CCC(C(O)c2cc(Br)ccc2Br)CC1. The van der Waals surface area contributed by atoms with Gasteiger partial charge < -0.3 is 5.11 Å². The lowest BCUT2D eigenvalue weighted by Gasteiger charge is -2.30. The van der Waals surface area contributed by atoms with Crippen LogP contribution in [0, 0.1) is 11.8 Å². The number of aliphatic hydroxyl groups is 1. The van der Waals surface area contributed by atoms with E-state index in [1.54, 1.807) is 0 Å². The minimum absolute atomic E-state index is 0.339. The minimum Gasteiger partial charge on any atom is -0.388 e. The summed E-state index contributed by atoms with van der Waals surface area (Å²) in [5, 5.41) is 10.5. The maximum atomic E-state index is 10.5. The monoisotopic (exact) mass is 360 g/mol. The summed E-state index contributed by atoms with van der Waals surface area (Å²) in [4.78, 5) is 0. The van der Waals surface area contributed by atoms with Gasteiger partial charge in [-0.05, 0) is 48.4 Å². The Morgan fingerprint density at radius 2 is 1.82 bits per heavy atom. The number of aliphatic hydroxyl groups excluding tert-OH is 1. The first-order valence-corrected chi connectivity index (χ1v) is 7.79. The third-order valence-corrected chi connectivity index (χ3v) is 5.00. The summed E-state index contributed by atoms with van der Waals surface area (Å²) in [6.45, 7) is 2.30. The Hall–Kier alpha value is 0.140. The quantitative estimate of drug-likeness (QED) is 0.779. The molecule has 1 fully saturated rings. The van der Waals surface area contributed by atoms with Crippen LogP contribution in [0.4, 0.5) is 0 Å². The van der Waals surface area contributed by atoms with E-state index in [-0.39, 0.29) is 6.10 Å². The molecule has 1 atom stereocenters. The summed E-state index contributed by atoms with van der Waals surface area (Å²) in [6, 6.07) is 6.00. The van der Waals surface area contributed by atoms with Gasteiger partial charge in [0.25, 0.3) is 0 Å². The van der Waals surface area contributed by atoms with Gasteiger partial charge in [0.1, 0.15) is 0 Å². The van der Waals surface area contributed by atoms with Gasteiger partial charge in [0, 0.05) is 8.95 Å².